The molecule has 1 unspecified atom stereocenters. The van der Waals surface area contributed by atoms with E-state index in [1.165, 1.54) is 11.3 Å². The van der Waals surface area contributed by atoms with Gasteiger partial charge in [-0.25, -0.2) is 4.98 Å². The Morgan fingerprint density at radius 2 is 1.96 bits per heavy atom. The lowest BCUT2D eigenvalue weighted by Gasteiger charge is -2.35. The van der Waals surface area contributed by atoms with E-state index in [1.54, 1.807) is 0 Å². The Labute approximate surface area is 168 Å². The van der Waals surface area contributed by atoms with E-state index in [9.17, 15) is 9.59 Å². The Morgan fingerprint density at radius 1 is 1.18 bits per heavy atom. The van der Waals surface area contributed by atoms with E-state index in [0.717, 1.165) is 24.1 Å². The second-order valence-corrected chi connectivity index (χ2v) is 7.91. The van der Waals surface area contributed by atoms with E-state index >= 15 is 0 Å². The van der Waals surface area contributed by atoms with Crippen LogP contribution >= 0.6 is 11.3 Å². The maximum atomic E-state index is 12.4. The molecule has 2 fully saturated rings. The van der Waals surface area contributed by atoms with E-state index in [0.29, 0.717) is 44.5 Å². The Morgan fingerprint density at radius 3 is 2.68 bits per heavy atom. The molecular weight excluding hydrogens is 376 g/mol. The zero-order valence-corrected chi connectivity index (χ0v) is 16.5. The number of nitrogens with one attached hydrogen (secondary N) is 1. The van der Waals surface area contributed by atoms with Crippen molar-refractivity contribution in [1.29, 1.82) is 0 Å². The molecule has 148 valence electrons. The van der Waals surface area contributed by atoms with Crippen molar-refractivity contribution in [3.8, 4) is 11.3 Å². The van der Waals surface area contributed by atoms with Crippen LogP contribution < -0.4 is 5.32 Å². The first-order valence-electron chi connectivity index (χ1n) is 9.62. The first kappa shape index (κ1) is 19.0. The molecule has 2 aromatic rings. The van der Waals surface area contributed by atoms with Crippen LogP contribution in [-0.4, -0.2) is 72.0 Å². The van der Waals surface area contributed by atoms with Gasteiger partial charge in [-0.2, -0.15) is 0 Å². The minimum absolute atomic E-state index is 0.0761. The van der Waals surface area contributed by atoms with Gasteiger partial charge in [0, 0.05) is 43.7 Å². The summed E-state index contributed by atoms with van der Waals surface area (Å²) >= 11 is 1.42. The molecule has 0 saturated carbocycles. The van der Waals surface area contributed by atoms with Gasteiger partial charge >= 0.3 is 0 Å². The van der Waals surface area contributed by atoms with Crippen molar-refractivity contribution in [3.05, 3.63) is 35.7 Å². The Bertz CT molecular complexity index is 812. The van der Waals surface area contributed by atoms with Gasteiger partial charge in [0.25, 0.3) is 5.91 Å². The number of amides is 2. The molecule has 1 N–H and O–H groups in total. The Kier molecular flexibility index (Phi) is 5.99. The van der Waals surface area contributed by atoms with Gasteiger partial charge in [0.05, 0.1) is 12.2 Å². The van der Waals surface area contributed by atoms with Crippen molar-refractivity contribution < 1.29 is 14.3 Å². The fraction of sp³-hybridized carbons (Fsp3) is 0.450. The van der Waals surface area contributed by atoms with Crippen molar-refractivity contribution in [2.75, 3.05) is 44.6 Å². The van der Waals surface area contributed by atoms with Gasteiger partial charge in [-0.05, 0) is 12.8 Å². The molecule has 2 saturated heterocycles. The minimum Gasteiger partial charge on any atom is -0.368 e. The van der Waals surface area contributed by atoms with Gasteiger partial charge < -0.3 is 15.0 Å². The van der Waals surface area contributed by atoms with Gasteiger partial charge in [-0.15, -0.1) is 11.3 Å². The van der Waals surface area contributed by atoms with Crippen molar-refractivity contribution >= 4 is 28.3 Å². The molecule has 3 heterocycles. The Hall–Kier alpha value is -2.29. The van der Waals surface area contributed by atoms with Crippen LogP contribution in [0.3, 0.4) is 0 Å². The van der Waals surface area contributed by atoms with Crippen molar-refractivity contribution in [3.63, 3.8) is 0 Å². The summed E-state index contributed by atoms with van der Waals surface area (Å²) in [5, 5.41) is 5.44. The maximum Gasteiger partial charge on any atom is 0.251 e. The average Bonchev–Trinajstić information content (AvgIpc) is 3.41. The van der Waals surface area contributed by atoms with Crippen LogP contribution in [0.2, 0.25) is 0 Å². The van der Waals surface area contributed by atoms with Crippen LogP contribution in [0.1, 0.15) is 12.8 Å². The largest absolute Gasteiger partial charge is 0.368 e. The maximum absolute atomic E-state index is 12.4. The second kappa shape index (κ2) is 8.81. The van der Waals surface area contributed by atoms with Crippen molar-refractivity contribution in [2.45, 2.75) is 18.9 Å². The summed E-state index contributed by atoms with van der Waals surface area (Å²) in [4.78, 5) is 33.2. The lowest BCUT2D eigenvalue weighted by atomic mass is 10.2. The van der Waals surface area contributed by atoms with E-state index in [-0.39, 0.29) is 17.9 Å². The lowest BCUT2D eigenvalue weighted by molar-refractivity contribution is -0.142. The van der Waals surface area contributed by atoms with Gasteiger partial charge in [-0.3, -0.25) is 14.5 Å². The minimum atomic E-state index is -0.265. The topological polar surface area (TPSA) is 74.8 Å². The number of hydrogen-bond acceptors (Lipinski definition) is 6. The first-order chi connectivity index (χ1) is 13.7. The predicted molar refractivity (Wildman–Crippen MR) is 108 cm³/mol. The highest BCUT2D eigenvalue weighted by Gasteiger charge is 2.30. The third-order valence-electron chi connectivity index (χ3n) is 5.08. The van der Waals surface area contributed by atoms with Crippen LogP contribution in [-0.2, 0) is 14.3 Å². The lowest BCUT2D eigenvalue weighted by Crippen LogP contribution is -2.52. The molecule has 1 atom stereocenters. The number of benzene rings is 1. The van der Waals surface area contributed by atoms with Crippen LogP contribution in [0, 0.1) is 0 Å². The predicted octanol–water partition coefficient (Wildman–Crippen LogP) is 2.07. The first-order valence-corrected chi connectivity index (χ1v) is 10.5. The third kappa shape index (κ3) is 4.57. The number of aromatic nitrogens is 1. The van der Waals surface area contributed by atoms with E-state index < -0.39 is 0 Å². The van der Waals surface area contributed by atoms with Crippen LogP contribution in [0.25, 0.3) is 11.3 Å². The van der Waals surface area contributed by atoms with Crippen LogP contribution in [0.15, 0.2) is 35.7 Å². The fourth-order valence-electron chi connectivity index (χ4n) is 3.54. The molecule has 4 rings (SSSR count). The number of hydrogen-bond donors (Lipinski definition) is 1. The standard InChI is InChI=1S/C20H24N4O3S/c25-18(22-20-21-16(14-28-20)15-5-2-1-3-6-15)13-23-8-10-24(11-9-23)19(26)17-7-4-12-27-17/h1-3,5-6,14,17H,4,7-13H2,(H,21,22,25). The fourth-order valence-corrected chi connectivity index (χ4v) is 4.27. The van der Waals surface area contributed by atoms with E-state index in [2.05, 4.69) is 15.2 Å². The quantitative estimate of drug-likeness (QED) is 0.832. The highest BCUT2D eigenvalue weighted by Crippen LogP contribution is 2.24. The molecule has 2 amide bonds. The number of rotatable bonds is 5. The normalized spacial score (nSPS) is 20.3. The summed E-state index contributed by atoms with van der Waals surface area (Å²) in [6.45, 7) is 3.66. The monoisotopic (exact) mass is 400 g/mol. The zero-order chi connectivity index (χ0) is 19.3. The van der Waals surface area contributed by atoms with Crippen LogP contribution in [0.4, 0.5) is 5.13 Å². The van der Waals surface area contributed by atoms with E-state index in [1.807, 2.05) is 40.6 Å². The molecule has 28 heavy (non-hydrogen) atoms. The highest BCUT2D eigenvalue weighted by molar-refractivity contribution is 7.14. The van der Waals surface area contributed by atoms with Crippen LogP contribution in [0.5, 0.6) is 0 Å². The molecule has 0 bridgehead atoms. The number of carbonyl (C=O) groups is 2. The molecule has 7 nitrogen and oxygen atoms in total. The second-order valence-electron chi connectivity index (χ2n) is 7.06. The zero-order valence-electron chi connectivity index (χ0n) is 15.7. The summed E-state index contributed by atoms with van der Waals surface area (Å²) in [7, 11) is 0. The summed E-state index contributed by atoms with van der Waals surface area (Å²) in [5.41, 5.74) is 1.90. The Balaban J connectivity index is 1.24. The van der Waals surface area contributed by atoms with Gasteiger partial charge in [-0.1, -0.05) is 30.3 Å². The number of thiazole rings is 1. The van der Waals surface area contributed by atoms with Gasteiger partial charge in [0.1, 0.15) is 6.10 Å². The number of piperazine rings is 1. The smallest absolute Gasteiger partial charge is 0.251 e. The molecule has 2 aliphatic rings. The summed E-state index contributed by atoms with van der Waals surface area (Å²) in [6.07, 6.45) is 1.51. The number of anilines is 1. The number of ether oxygens (including phenoxy) is 1. The molecule has 0 radical (unpaired) electrons. The molecule has 1 aromatic heterocycles. The van der Waals surface area contributed by atoms with E-state index in [4.69, 9.17) is 4.74 Å². The van der Waals surface area contributed by atoms with Gasteiger partial charge in [0.15, 0.2) is 5.13 Å². The molecule has 0 spiro atoms. The number of carbonyl (C=O) groups excluding carboxylic acids is 2. The van der Waals surface area contributed by atoms with Crippen molar-refractivity contribution in [2.24, 2.45) is 0 Å². The summed E-state index contributed by atoms with van der Waals surface area (Å²) in [6, 6.07) is 9.90. The third-order valence-corrected chi connectivity index (χ3v) is 5.83. The average molecular weight is 401 g/mol. The highest BCUT2D eigenvalue weighted by atomic mass is 32.1. The molecule has 0 aliphatic carbocycles. The number of nitrogens with zero attached hydrogens (tertiary/aromatic N) is 3. The summed E-state index contributed by atoms with van der Waals surface area (Å²) in [5.74, 6) is 0.0192. The molecule has 2 aliphatic heterocycles. The SMILES string of the molecule is O=C(CN1CCN(C(=O)C2CCCO2)CC1)Nc1nc(-c2ccccc2)cs1. The summed E-state index contributed by atoms with van der Waals surface area (Å²) < 4.78 is 5.48. The van der Waals surface area contributed by atoms with Crippen molar-refractivity contribution in [1.82, 2.24) is 14.8 Å². The molecular formula is C20H24N4O3S. The molecule has 1 aromatic carbocycles. The van der Waals surface area contributed by atoms with Gasteiger partial charge in [0.2, 0.25) is 5.91 Å². The molecule has 8 heteroatoms.